The molecule has 0 bridgehead atoms. The molecule has 1 heterocycles. The Bertz CT molecular complexity index is 446. The maximum absolute atomic E-state index is 4.04. The Morgan fingerprint density at radius 1 is 0.875 bits per heavy atom. The van der Waals surface area contributed by atoms with E-state index in [0.717, 1.165) is 5.69 Å². The van der Waals surface area contributed by atoms with Crippen molar-refractivity contribution in [1.82, 2.24) is 15.0 Å². The molecular formula is C9H8N4NaS2. The van der Waals surface area contributed by atoms with Crippen LogP contribution in [0.3, 0.4) is 0 Å². The number of hydrogen-bond acceptors (Lipinski definition) is 6. The Balaban J connectivity index is 0.00000128. The molecule has 1 radical (unpaired) electrons. The number of hydrogen-bond donors (Lipinski definition) is 3. The summed E-state index contributed by atoms with van der Waals surface area (Å²) in [7, 11) is 0. The van der Waals surface area contributed by atoms with Gasteiger partial charge >= 0.3 is 0 Å². The molecule has 0 atom stereocenters. The molecule has 0 aliphatic heterocycles. The largest absolute Gasteiger partial charge is 0.324 e. The second-order valence-electron chi connectivity index (χ2n) is 2.75. The summed E-state index contributed by atoms with van der Waals surface area (Å²) in [6, 6.07) is 9.62. The van der Waals surface area contributed by atoms with E-state index in [9.17, 15) is 0 Å². The van der Waals surface area contributed by atoms with E-state index in [4.69, 9.17) is 0 Å². The molecule has 0 fully saturated rings. The SMILES string of the molecule is Sc1nc(S)nc(Nc2ccccc2)n1.[Na]. The number of thiol groups is 2. The summed E-state index contributed by atoms with van der Waals surface area (Å²) in [6.45, 7) is 0. The van der Waals surface area contributed by atoms with Gasteiger partial charge in [0, 0.05) is 35.2 Å². The average molecular weight is 259 g/mol. The van der Waals surface area contributed by atoms with Crippen LogP contribution in [-0.2, 0) is 0 Å². The summed E-state index contributed by atoms with van der Waals surface area (Å²) in [5, 5.41) is 3.71. The standard InChI is InChI=1S/C9H8N4S2.Na/c14-8-11-7(12-9(15)13-8)10-6-4-2-1-3-5-6;/h1-5H,(H3,10,11,12,13,14,15);. The molecule has 0 amide bonds. The molecule has 0 aliphatic carbocycles. The van der Waals surface area contributed by atoms with Gasteiger partial charge in [-0.25, -0.2) is 0 Å². The second kappa shape index (κ2) is 6.46. The molecule has 7 heteroatoms. The molecule has 1 aromatic carbocycles. The number of nitrogens with zero attached hydrogens (tertiary/aromatic N) is 3. The van der Waals surface area contributed by atoms with Crippen molar-refractivity contribution in [3.05, 3.63) is 30.3 Å². The maximum Gasteiger partial charge on any atom is 0.232 e. The van der Waals surface area contributed by atoms with Crippen molar-refractivity contribution < 1.29 is 0 Å². The van der Waals surface area contributed by atoms with Crippen molar-refractivity contribution in [2.45, 2.75) is 10.3 Å². The van der Waals surface area contributed by atoms with Crippen LogP contribution in [0.2, 0.25) is 0 Å². The maximum atomic E-state index is 4.04. The fourth-order valence-corrected chi connectivity index (χ4v) is 1.52. The third-order valence-electron chi connectivity index (χ3n) is 1.64. The zero-order valence-corrected chi connectivity index (χ0v) is 12.4. The first-order chi connectivity index (χ1) is 7.24. The molecule has 0 saturated carbocycles. The topological polar surface area (TPSA) is 50.7 Å². The summed E-state index contributed by atoms with van der Waals surface area (Å²) in [5.41, 5.74) is 0.907. The van der Waals surface area contributed by atoms with Crippen LogP contribution < -0.4 is 5.32 Å². The fourth-order valence-electron chi connectivity index (χ4n) is 1.06. The third-order valence-corrected chi connectivity index (χ3v) is 2.04. The van der Waals surface area contributed by atoms with E-state index in [1.54, 1.807) is 0 Å². The first kappa shape index (κ1) is 13.8. The minimum absolute atomic E-state index is 0. The Hall–Kier alpha value is -0.270. The van der Waals surface area contributed by atoms with Crippen LogP contribution in [0.25, 0.3) is 0 Å². The summed E-state index contributed by atoms with van der Waals surface area (Å²) in [4.78, 5) is 11.9. The summed E-state index contributed by atoms with van der Waals surface area (Å²) >= 11 is 8.08. The van der Waals surface area contributed by atoms with Gasteiger partial charge in [0.2, 0.25) is 5.95 Å². The van der Waals surface area contributed by atoms with Crippen LogP contribution in [-0.4, -0.2) is 44.5 Å². The van der Waals surface area contributed by atoms with Crippen LogP contribution in [0.4, 0.5) is 11.6 Å². The van der Waals surface area contributed by atoms with Crippen molar-refractivity contribution >= 4 is 66.5 Å². The molecule has 0 unspecified atom stereocenters. The quantitative estimate of drug-likeness (QED) is 0.569. The van der Waals surface area contributed by atoms with Crippen LogP contribution in [0.15, 0.2) is 40.6 Å². The Morgan fingerprint density at radius 2 is 1.44 bits per heavy atom. The first-order valence-electron chi connectivity index (χ1n) is 4.20. The third kappa shape index (κ3) is 3.95. The van der Waals surface area contributed by atoms with E-state index >= 15 is 0 Å². The van der Waals surface area contributed by atoms with E-state index in [1.165, 1.54) is 0 Å². The van der Waals surface area contributed by atoms with Crippen molar-refractivity contribution in [2.75, 3.05) is 5.32 Å². The number of aromatic nitrogens is 3. The zero-order chi connectivity index (χ0) is 10.7. The monoisotopic (exact) mass is 259 g/mol. The van der Waals surface area contributed by atoms with Gasteiger partial charge in [-0.2, -0.15) is 15.0 Å². The summed E-state index contributed by atoms with van der Waals surface area (Å²) < 4.78 is 0. The molecule has 0 saturated heterocycles. The van der Waals surface area contributed by atoms with E-state index in [2.05, 4.69) is 45.5 Å². The second-order valence-corrected chi connectivity index (χ2v) is 3.55. The zero-order valence-electron chi connectivity index (χ0n) is 8.62. The van der Waals surface area contributed by atoms with E-state index in [1.807, 2.05) is 30.3 Å². The van der Waals surface area contributed by atoms with Gasteiger partial charge in [-0.15, -0.1) is 25.3 Å². The van der Waals surface area contributed by atoms with Gasteiger partial charge in [0.1, 0.15) is 0 Å². The van der Waals surface area contributed by atoms with Crippen LogP contribution in [0.5, 0.6) is 0 Å². The van der Waals surface area contributed by atoms with Crippen molar-refractivity contribution in [3.8, 4) is 0 Å². The molecule has 4 nitrogen and oxygen atoms in total. The van der Waals surface area contributed by atoms with Gasteiger partial charge in [0.05, 0.1) is 0 Å². The molecule has 1 aromatic heterocycles. The van der Waals surface area contributed by atoms with Gasteiger partial charge in [0.25, 0.3) is 0 Å². The van der Waals surface area contributed by atoms with Gasteiger partial charge in [-0.05, 0) is 12.1 Å². The van der Waals surface area contributed by atoms with E-state index in [0.29, 0.717) is 16.3 Å². The molecule has 1 N–H and O–H groups in total. The fraction of sp³-hybridized carbons (Fsp3) is 0. The number of rotatable bonds is 2. The number of anilines is 2. The van der Waals surface area contributed by atoms with Crippen LogP contribution in [0, 0.1) is 0 Å². The number of para-hydroxylation sites is 1. The minimum Gasteiger partial charge on any atom is -0.324 e. The van der Waals surface area contributed by atoms with Gasteiger partial charge in [-0.3, -0.25) is 0 Å². The molecule has 2 rings (SSSR count). The molecular weight excluding hydrogens is 251 g/mol. The minimum atomic E-state index is 0. The van der Waals surface area contributed by atoms with Crippen LogP contribution >= 0.6 is 25.3 Å². The summed E-state index contributed by atoms with van der Waals surface area (Å²) in [5.74, 6) is 0.436. The number of nitrogens with one attached hydrogen (secondary N) is 1. The van der Waals surface area contributed by atoms with E-state index in [-0.39, 0.29) is 29.6 Å². The smallest absolute Gasteiger partial charge is 0.232 e. The summed E-state index contributed by atoms with van der Waals surface area (Å²) in [6.07, 6.45) is 0. The Kier molecular flexibility index (Phi) is 5.57. The molecule has 77 valence electrons. The Labute approximate surface area is 126 Å². The predicted octanol–water partition coefficient (Wildman–Crippen LogP) is 1.81. The van der Waals surface area contributed by atoms with Gasteiger partial charge in [-0.1, -0.05) is 18.2 Å². The average Bonchev–Trinajstić information content (AvgIpc) is 2.17. The van der Waals surface area contributed by atoms with Crippen molar-refractivity contribution in [1.29, 1.82) is 0 Å². The first-order valence-corrected chi connectivity index (χ1v) is 5.09. The number of benzene rings is 1. The van der Waals surface area contributed by atoms with Gasteiger partial charge in [0.15, 0.2) is 10.3 Å². The molecule has 16 heavy (non-hydrogen) atoms. The van der Waals surface area contributed by atoms with Crippen molar-refractivity contribution in [2.24, 2.45) is 0 Å². The molecule has 0 spiro atoms. The predicted molar refractivity (Wildman–Crippen MR) is 69.8 cm³/mol. The Morgan fingerprint density at radius 3 is 2.00 bits per heavy atom. The van der Waals surface area contributed by atoms with Crippen LogP contribution in [0.1, 0.15) is 0 Å². The molecule has 2 aromatic rings. The normalized spacial score (nSPS) is 9.38. The molecule has 0 aliphatic rings. The van der Waals surface area contributed by atoms with Gasteiger partial charge < -0.3 is 5.32 Å². The van der Waals surface area contributed by atoms with E-state index < -0.39 is 0 Å². The van der Waals surface area contributed by atoms with Crippen molar-refractivity contribution in [3.63, 3.8) is 0 Å².